The first-order valence-electron chi connectivity index (χ1n) is 5.68. The van der Waals surface area contributed by atoms with Gasteiger partial charge in [0, 0.05) is 17.6 Å². The van der Waals surface area contributed by atoms with Crippen LogP contribution in [0.25, 0.3) is 0 Å². The Labute approximate surface area is 111 Å². The van der Waals surface area contributed by atoms with E-state index in [0.29, 0.717) is 12.8 Å². The van der Waals surface area contributed by atoms with Crippen molar-refractivity contribution in [1.29, 1.82) is 0 Å². The maximum Gasteiger partial charge on any atom is 0.242 e. The highest BCUT2D eigenvalue weighted by molar-refractivity contribution is 7.89. The summed E-state index contributed by atoms with van der Waals surface area (Å²) in [5, 5.41) is 0. The Kier molecular flexibility index (Phi) is 3.89. The minimum absolute atomic E-state index is 0.168. The van der Waals surface area contributed by atoms with Crippen LogP contribution < -0.4 is 4.72 Å². The largest absolute Gasteiger partial charge is 0.260 e. The average Bonchev–Trinajstić information content (AvgIpc) is 2.77. The number of hydrogen-bond acceptors (Lipinski definition) is 3. The van der Waals surface area contributed by atoms with Crippen LogP contribution >= 0.6 is 11.6 Å². The van der Waals surface area contributed by atoms with Gasteiger partial charge in [-0.15, -0.1) is 11.6 Å². The van der Waals surface area contributed by atoms with E-state index in [9.17, 15) is 12.8 Å². The lowest BCUT2D eigenvalue weighted by Crippen LogP contribution is -2.47. The quantitative estimate of drug-likeness (QED) is 0.864. The summed E-state index contributed by atoms with van der Waals surface area (Å²) in [5.74, 6) is -0.459. The van der Waals surface area contributed by atoms with E-state index in [2.05, 4.69) is 9.71 Å². The highest BCUT2D eigenvalue weighted by atomic mass is 35.5. The Hall–Kier alpha value is -0.720. The van der Waals surface area contributed by atoms with Crippen LogP contribution in [0.15, 0.2) is 23.4 Å². The number of hydrogen-bond donors (Lipinski definition) is 1. The fraction of sp³-hybridized carbons (Fsp3) is 0.545. The van der Waals surface area contributed by atoms with Gasteiger partial charge in [0.2, 0.25) is 10.0 Å². The molecular weight excluding hydrogens is 279 g/mol. The molecule has 0 aliphatic heterocycles. The number of halogens is 2. The van der Waals surface area contributed by atoms with Crippen LogP contribution in [0.3, 0.4) is 0 Å². The zero-order valence-electron chi connectivity index (χ0n) is 9.70. The van der Waals surface area contributed by atoms with Crippen molar-refractivity contribution in [2.75, 3.05) is 5.88 Å². The van der Waals surface area contributed by atoms with Crippen LogP contribution in [0.1, 0.15) is 25.7 Å². The molecule has 1 heterocycles. The molecule has 0 radical (unpaired) electrons. The summed E-state index contributed by atoms with van der Waals surface area (Å²) < 4.78 is 39.9. The van der Waals surface area contributed by atoms with Crippen LogP contribution in [-0.2, 0) is 10.0 Å². The molecule has 0 spiro atoms. The molecule has 2 rings (SSSR count). The average molecular weight is 293 g/mol. The maximum atomic E-state index is 13.0. The Bertz CT molecular complexity index is 530. The fourth-order valence-corrected chi connectivity index (χ4v) is 4.04. The molecule has 0 amide bonds. The van der Waals surface area contributed by atoms with Gasteiger partial charge in [-0.25, -0.2) is 17.5 Å². The molecule has 1 N–H and O–H groups in total. The van der Waals surface area contributed by atoms with Gasteiger partial charge in [-0.3, -0.25) is 4.98 Å². The lowest BCUT2D eigenvalue weighted by molar-refractivity contribution is 0.432. The summed E-state index contributed by atoms with van der Waals surface area (Å²) in [7, 11) is -3.77. The van der Waals surface area contributed by atoms with Crippen LogP contribution in [0.5, 0.6) is 0 Å². The van der Waals surface area contributed by atoms with Gasteiger partial charge in [-0.1, -0.05) is 12.8 Å². The molecule has 1 aromatic rings. The second kappa shape index (κ2) is 5.11. The van der Waals surface area contributed by atoms with Gasteiger partial charge in [0.15, 0.2) is 0 Å². The van der Waals surface area contributed by atoms with E-state index in [1.165, 1.54) is 0 Å². The molecule has 1 aliphatic rings. The van der Waals surface area contributed by atoms with Gasteiger partial charge in [0.25, 0.3) is 0 Å². The summed E-state index contributed by atoms with van der Waals surface area (Å²) >= 11 is 5.87. The summed E-state index contributed by atoms with van der Waals surface area (Å²) in [6.45, 7) is 0. The van der Waals surface area contributed by atoms with E-state index >= 15 is 0 Å². The first-order chi connectivity index (χ1) is 8.47. The number of rotatable bonds is 4. The van der Waals surface area contributed by atoms with Gasteiger partial charge in [-0.05, 0) is 18.9 Å². The summed E-state index contributed by atoms with van der Waals surface area (Å²) in [6.07, 6.45) is 5.39. The Morgan fingerprint density at radius 3 is 2.61 bits per heavy atom. The van der Waals surface area contributed by atoms with Crippen LogP contribution in [0, 0.1) is 5.82 Å². The molecule has 4 nitrogen and oxygen atoms in total. The SMILES string of the molecule is O=S(=O)(NC1(CCl)CCCC1)c1cncc(F)c1. The molecule has 0 atom stereocenters. The zero-order valence-corrected chi connectivity index (χ0v) is 11.3. The summed E-state index contributed by atoms with van der Waals surface area (Å²) in [6, 6.07) is 0.951. The number of alkyl halides is 1. The molecule has 0 unspecified atom stereocenters. The first kappa shape index (κ1) is 13.7. The molecule has 0 aromatic carbocycles. The minimum atomic E-state index is -3.77. The topological polar surface area (TPSA) is 59.1 Å². The minimum Gasteiger partial charge on any atom is -0.260 e. The summed E-state index contributed by atoms with van der Waals surface area (Å²) in [5.41, 5.74) is -0.604. The van der Waals surface area contributed by atoms with E-state index in [1.54, 1.807) is 0 Å². The molecule has 18 heavy (non-hydrogen) atoms. The predicted molar refractivity (Wildman–Crippen MR) is 66.4 cm³/mol. The molecule has 0 saturated heterocycles. The summed E-state index contributed by atoms with van der Waals surface area (Å²) in [4.78, 5) is 3.38. The highest BCUT2D eigenvalue weighted by Gasteiger charge is 2.37. The molecule has 1 fully saturated rings. The maximum absolute atomic E-state index is 13.0. The highest BCUT2D eigenvalue weighted by Crippen LogP contribution is 2.32. The van der Waals surface area contributed by atoms with Crippen LogP contribution in [0.4, 0.5) is 4.39 Å². The Balaban J connectivity index is 2.27. The third-order valence-electron chi connectivity index (χ3n) is 3.16. The standard InChI is InChI=1S/C11H14ClFN2O2S/c12-8-11(3-1-2-4-11)15-18(16,17)10-5-9(13)6-14-7-10/h5-7,15H,1-4,8H2. The number of pyridine rings is 1. The molecular formula is C11H14ClFN2O2S. The van der Waals surface area contributed by atoms with Crippen molar-refractivity contribution < 1.29 is 12.8 Å². The molecule has 1 aliphatic carbocycles. The lowest BCUT2D eigenvalue weighted by atomic mass is 10.0. The van der Waals surface area contributed by atoms with Gasteiger partial charge in [0.05, 0.1) is 6.20 Å². The second-order valence-electron chi connectivity index (χ2n) is 4.57. The number of nitrogens with one attached hydrogen (secondary N) is 1. The number of aromatic nitrogens is 1. The monoisotopic (exact) mass is 292 g/mol. The fourth-order valence-electron chi connectivity index (χ4n) is 2.20. The molecule has 0 bridgehead atoms. The van der Waals surface area contributed by atoms with Crippen molar-refractivity contribution >= 4 is 21.6 Å². The molecule has 100 valence electrons. The van der Waals surface area contributed by atoms with Crippen LogP contribution in [0.2, 0.25) is 0 Å². The van der Waals surface area contributed by atoms with Crippen molar-refractivity contribution in [3.8, 4) is 0 Å². The van der Waals surface area contributed by atoms with Crippen molar-refractivity contribution in [2.45, 2.75) is 36.1 Å². The first-order valence-corrected chi connectivity index (χ1v) is 7.70. The molecule has 1 saturated carbocycles. The third kappa shape index (κ3) is 2.81. The van der Waals surface area contributed by atoms with E-state index in [4.69, 9.17) is 11.6 Å². The zero-order chi connectivity index (χ0) is 13.2. The van der Waals surface area contributed by atoms with Gasteiger partial charge in [-0.2, -0.15) is 0 Å². The third-order valence-corrected chi connectivity index (χ3v) is 5.21. The second-order valence-corrected chi connectivity index (χ2v) is 6.52. The van der Waals surface area contributed by atoms with Crippen molar-refractivity contribution in [1.82, 2.24) is 9.71 Å². The van der Waals surface area contributed by atoms with Crippen molar-refractivity contribution in [2.24, 2.45) is 0 Å². The van der Waals surface area contributed by atoms with E-state index in [-0.39, 0.29) is 10.8 Å². The van der Waals surface area contributed by atoms with E-state index in [1.807, 2.05) is 0 Å². The molecule has 7 heteroatoms. The Morgan fingerprint density at radius 2 is 2.06 bits per heavy atom. The van der Waals surface area contributed by atoms with Crippen molar-refractivity contribution in [3.63, 3.8) is 0 Å². The predicted octanol–water partition coefficient (Wildman–Crippen LogP) is 2.05. The Morgan fingerprint density at radius 1 is 1.39 bits per heavy atom. The van der Waals surface area contributed by atoms with Crippen LogP contribution in [-0.4, -0.2) is 24.8 Å². The normalized spacial score (nSPS) is 19.0. The van der Waals surface area contributed by atoms with Gasteiger partial charge in [0.1, 0.15) is 10.7 Å². The van der Waals surface area contributed by atoms with E-state index in [0.717, 1.165) is 31.3 Å². The molecule has 1 aromatic heterocycles. The van der Waals surface area contributed by atoms with Gasteiger partial charge >= 0.3 is 0 Å². The lowest BCUT2D eigenvalue weighted by Gasteiger charge is -2.27. The van der Waals surface area contributed by atoms with E-state index < -0.39 is 21.4 Å². The number of sulfonamides is 1. The smallest absolute Gasteiger partial charge is 0.242 e. The van der Waals surface area contributed by atoms with Gasteiger partial charge < -0.3 is 0 Å². The van der Waals surface area contributed by atoms with Crippen molar-refractivity contribution in [3.05, 3.63) is 24.3 Å². The number of nitrogens with zero attached hydrogens (tertiary/aromatic N) is 1.